The lowest BCUT2D eigenvalue weighted by Gasteiger charge is -2.12. The minimum absolute atomic E-state index is 0.00925. The fourth-order valence-electron chi connectivity index (χ4n) is 5.46. The first-order chi connectivity index (χ1) is 25.9. The maximum atomic E-state index is 13.0. The van der Waals surface area contributed by atoms with Gasteiger partial charge in [0.1, 0.15) is 11.4 Å². The molecule has 282 valence electrons. The van der Waals surface area contributed by atoms with Crippen molar-refractivity contribution in [1.82, 2.24) is 20.2 Å². The van der Waals surface area contributed by atoms with E-state index in [-0.39, 0.29) is 49.1 Å². The number of nitro groups is 1. The number of carbonyl (C=O) groups excluding carboxylic acids is 1. The highest BCUT2D eigenvalue weighted by Gasteiger charge is 2.28. The zero-order chi connectivity index (χ0) is 39.8. The number of sulfone groups is 2. The zero-order valence-electron chi connectivity index (χ0n) is 29.2. The van der Waals surface area contributed by atoms with Gasteiger partial charge in [-0.2, -0.15) is 0 Å². The lowest BCUT2D eigenvalue weighted by molar-refractivity contribution is -0.384. The Morgan fingerprint density at radius 1 is 0.873 bits per heavy atom. The summed E-state index contributed by atoms with van der Waals surface area (Å²) in [5.41, 5.74) is 4.39. The van der Waals surface area contributed by atoms with Crippen molar-refractivity contribution < 1.29 is 26.6 Å². The molecule has 20 heteroatoms. The normalized spacial score (nSPS) is 13.6. The molecule has 0 radical (unpaired) electrons. The highest BCUT2D eigenvalue weighted by molar-refractivity contribution is 7.90. The van der Waals surface area contributed by atoms with E-state index in [4.69, 9.17) is 28.2 Å². The van der Waals surface area contributed by atoms with E-state index in [1.165, 1.54) is 31.3 Å². The van der Waals surface area contributed by atoms with Gasteiger partial charge in [-0.05, 0) is 49.8 Å². The molecule has 0 aliphatic carbocycles. The van der Waals surface area contributed by atoms with Crippen molar-refractivity contribution in [1.29, 1.82) is 0 Å². The number of amidine groups is 1. The molecule has 0 spiro atoms. The standard InChI is InChI=1S/C18H15ClN4O2S.C17H14ClN5O5S/c1-10-8-21-18-16(10)23-17(11-5-3-4-6-13(11)19)12-9-20-15(26(2,24)25)7-14(12)22-18;1-9-15(23(25)26)17(22-21-9)20-13-7-14(29(2,27)28)19-8-11(13)16(24)10-5-3-4-6-12(10)18/h3-7,9H,8H2,1-2H3,(H,21,22);3-8H,1-2H3,(H2,19,20,21,22). The number of anilines is 3. The number of fused-ring (bicyclic) bond motifs is 2. The molecule has 5 aromatic rings. The summed E-state index contributed by atoms with van der Waals surface area (Å²) in [4.78, 5) is 40.9. The third-order valence-electron chi connectivity index (χ3n) is 8.19. The van der Waals surface area contributed by atoms with Crippen LogP contribution in [0, 0.1) is 17.0 Å². The van der Waals surface area contributed by atoms with Crippen LogP contribution in [0.5, 0.6) is 0 Å². The molecule has 0 atom stereocenters. The Kier molecular flexibility index (Phi) is 10.7. The smallest absolute Gasteiger partial charge is 0.333 e. The van der Waals surface area contributed by atoms with E-state index < -0.39 is 30.4 Å². The number of halogens is 2. The Balaban J connectivity index is 0.000000188. The van der Waals surface area contributed by atoms with Gasteiger partial charge in [0.2, 0.25) is 5.82 Å². The van der Waals surface area contributed by atoms with Gasteiger partial charge < -0.3 is 10.6 Å². The molecule has 0 unspecified atom stereocenters. The van der Waals surface area contributed by atoms with Crippen LogP contribution in [0.1, 0.15) is 39.7 Å². The molecule has 3 aromatic heterocycles. The van der Waals surface area contributed by atoms with Crippen LogP contribution in [0.2, 0.25) is 10.0 Å². The van der Waals surface area contributed by atoms with Crippen molar-refractivity contribution in [2.45, 2.75) is 23.9 Å². The first-order valence-corrected chi connectivity index (χ1v) is 20.5. The van der Waals surface area contributed by atoms with Gasteiger partial charge in [0, 0.05) is 46.6 Å². The van der Waals surface area contributed by atoms with Gasteiger partial charge in [-0.15, -0.1) is 5.10 Å². The first-order valence-electron chi connectivity index (χ1n) is 16.0. The second kappa shape index (κ2) is 15.1. The second-order valence-electron chi connectivity index (χ2n) is 12.3. The van der Waals surface area contributed by atoms with Crippen LogP contribution in [0.3, 0.4) is 0 Å². The number of rotatable bonds is 8. The van der Waals surface area contributed by atoms with Crippen LogP contribution >= 0.6 is 23.2 Å². The number of pyridine rings is 2. The molecule has 0 amide bonds. The topological polar surface area (TPSA) is 232 Å². The van der Waals surface area contributed by atoms with Crippen molar-refractivity contribution in [2.24, 2.45) is 9.98 Å². The largest absolute Gasteiger partial charge is 0.338 e. The molecule has 7 rings (SSSR count). The van der Waals surface area contributed by atoms with Crippen LogP contribution < -0.4 is 10.6 Å². The Hall–Kier alpha value is -5.82. The molecule has 0 saturated heterocycles. The Morgan fingerprint density at radius 2 is 1.51 bits per heavy atom. The Bertz CT molecular complexity index is 2750. The maximum Gasteiger partial charge on any atom is 0.333 e. The van der Waals surface area contributed by atoms with Crippen LogP contribution in [-0.4, -0.2) is 78.3 Å². The van der Waals surface area contributed by atoms with E-state index in [0.29, 0.717) is 34.4 Å². The molecule has 2 aliphatic rings. The summed E-state index contributed by atoms with van der Waals surface area (Å²) < 4.78 is 47.6. The summed E-state index contributed by atoms with van der Waals surface area (Å²) in [5.74, 6) is -0.0941. The lowest BCUT2D eigenvalue weighted by Crippen LogP contribution is -2.13. The number of aromatic amines is 1. The number of carbonyl (C=O) groups is 1. The predicted molar refractivity (Wildman–Crippen MR) is 209 cm³/mol. The second-order valence-corrected chi connectivity index (χ2v) is 17.0. The van der Waals surface area contributed by atoms with Crippen LogP contribution in [0.25, 0.3) is 0 Å². The summed E-state index contributed by atoms with van der Waals surface area (Å²) in [5, 5.41) is 23.9. The molecule has 55 heavy (non-hydrogen) atoms. The van der Waals surface area contributed by atoms with Gasteiger partial charge in [-0.3, -0.25) is 25.0 Å². The van der Waals surface area contributed by atoms with Crippen molar-refractivity contribution in [3.63, 3.8) is 0 Å². The zero-order valence-corrected chi connectivity index (χ0v) is 32.4. The summed E-state index contributed by atoms with van der Waals surface area (Å²) in [6.07, 6.45) is 4.67. The van der Waals surface area contributed by atoms with Gasteiger partial charge in [0.15, 0.2) is 41.3 Å². The fourth-order valence-corrected chi connectivity index (χ4v) is 7.06. The van der Waals surface area contributed by atoms with Crippen molar-refractivity contribution in [3.05, 3.63) is 132 Å². The fraction of sp³-hybridized carbons (Fsp3) is 0.143. The van der Waals surface area contributed by atoms with Crippen molar-refractivity contribution in [3.8, 4) is 0 Å². The molecule has 2 aromatic carbocycles. The number of nitrogens with one attached hydrogen (secondary N) is 3. The van der Waals surface area contributed by atoms with Crippen LogP contribution in [0.15, 0.2) is 104 Å². The third-order valence-corrected chi connectivity index (χ3v) is 10.8. The number of aromatic nitrogens is 4. The molecule has 3 N–H and O–H groups in total. The van der Waals surface area contributed by atoms with Crippen molar-refractivity contribution in [2.75, 3.05) is 29.7 Å². The van der Waals surface area contributed by atoms with E-state index >= 15 is 0 Å². The van der Waals surface area contributed by atoms with E-state index in [1.54, 1.807) is 18.2 Å². The van der Waals surface area contributed by atoms with Gasteiger partial charge in [-0.1, -0.05) is 53.5 Å². The molecule has 5 heterocycles. The quantitative estimate of drug-likeness (QED) is 0.0910. The minimum atomic E-state index is -3.70. The molecular weight excluding hydrogens is 793 g/mol. The molecule has 2 aliphatic heterocycles. The number of hydrogen-bond acceptors (Lipinski definition) is 14. The average Bonchev–Trinajstić information content (AvgIpc) is 3.61. The highest BCUT2D eigenvalue weighted by Crippen LogP contribution is 2.33. The number of H-pyrrole nitrogens is 1. The Labute approximate surface area is 324 Å². The van der Waals surface area contributed by atoms with E-state index in [9.17, 15) is 31.7 Å². The van der Waals surface area contributed by atoms with Crippen LogP contribution in [-0.2, 0) is 19.7 Å². The Morgan fingerprint density at radius 3 is 2.16 bits per heavy atom. The van der Waals surface area contributed by atoms with Crippen LogP contribution in [0.4, 0.5) is 22.9 Å². The van der Waals surface area contributed by atoms with Gasteiger partial charge >= 0.3 is 5.69 Å². The lowest BCUT2D eigenvalue weighted by atomic mass is 10.0. The number of aryl methyl sites for hydroxylation is 1. The molecule has 0 bridgehead atoms. The van der Waals surface area contributed by atoms with Crippen molar-refractivity contribution >= 4 is 83.1 Å². The van der Waals surface area contributed by atoms with E-state index in [0.717, 1.165) is 41.6 Å². The number of ketones is 1. The summed E-state index contributed by atoms with van der Waals surface area (Å²) in [7, 11) is -7.14. The molecule has 0 saturated carbocycles. The molecule has 0 fully saturated rings. The van der Waals surface area contributed by atoms with E-state index in [2.05, 4.69) is 35.8 Å². The van der Waals surface area contributed by atoms with Gasteiger partial charge in [0.25, 0.3) is 0 Å². The highest BCUT2D eigenvalue weighted by atomic mass is 35.5. The summed E-state index contributed by atoms with van der Waals surface area (Å²) in [6.45, 7) is 3.98. The summed E-state index contributed by atoms with van der Waals surface area (Å²) >= 11 is 12.5. The monoisotopic (exact) mass is 821 g/mol. The SMILES string of the molecule is CC1=C2N=C(c3ccccc3Cl)c3cnc(S(C)(=O)=O)cc3NC2=NC1.Cc1[nH]nc(Nc2cc(S(C)(=O)=O)ncc2C(=O)c2ccccc2Cl)c1[N+](=O)[O-]. The first kappa shape index (κ1) is 38.9. The van der Waals surface area contributed by atoms with Gasteiger partial charge in [-0.25, -0.2) is 31.8 Å². The number of hydrogen-bond donors (Lipinski definition) is 3. The number of nitrogens with zero attached hydrogens (tertiary/aromatic N) is 6. The van der Waals surface area contributed by atoms with Gasteiger partial charge in [0.05, 0.1) is 39.1 Å². The minimum Gasteiger partial charge on any atom is -0.338 e. The predicted octanol–water partition coefficient (Wildman–Crippen LogP) is 6.14. The van der Waals surface area contributed by atoms with E-state index in [1.807, 2.05) is 25.1 Å². The molecule has 16 nitrogen and oxygen atoms in total. The third kappa shape index (κ3) is 8.16. The number of benzene rings is 2. The number of aliphatic imine (C=N–C) groups is 2. The summed E-state index contributed by atoms with van der Waals surface area (Å²) in [6, 6.07) is 16.3. The average molecular weight is 823 g/mol. The maximum absolute atomic E-state index is 13.0. The molecular formula is C35H29Cl2N9O7S2.